The van der Waals surface area contributed by atoms with Gasteiger partial charge in [-0.3, -0.25) is 9.69 Å². The highest BCUT2D eigenvalue weighted by molar-refractivity contribution is 6.38. The summed E-state index contributed by atoms with van der Waals surface area (Å²) < 4.78 is 5.20. The Kier molecular flexibility index (Phi) is 5.43. The van der Waals surface area contributed by atoms with E-state index in [1.54, 1.807) is 30.2 Å². The molecule has 0 N–H and O–H groups in total. The van der Waals surface area contributed by atoms with Gasteiger partial charge in [0.2, 0.25) is 0 Å². The molecule has 1 aliphatic rings. The molecule has 0 saturated carbocycles. The molecule has 0 saturated heterocycles. The number of benzene rings is 3. The lowest BCUT2D eigenvalue weighted by Crippen LogP contribution is -2.25. The summed E-state index contributed by atoms with van der Waals surface area (Å²) in [6.07, 6.45) is 3.74. The van der Waals surface area contributed by atoms with Crippen LogP contribution in [0.2, 0.25) is 10.0 Å². The molecule has 0 spiro atoms. The third kappa shape index (κ3) is 3.93. The van der Waals surface area contributed by atoms with Gasteiger partial charge in [0.1, 0.15) is 5.75 Å². The standard InChI is InChI=1S/C24H17Cl2NO2/c1-29-20-10-7-16(8-11-20)13-18-14-23(17-5-3-2-4-6-17)27(24(18)28)22-12-9-19(25)15-21(22)26/h2-15H,1H3. The second kappa shape index (κ2) is 8.16. The summed E-state index contributed by atoms with van der Waals surface area (Å²) in [5, 5.41) is 0.933. The molecule has 0 fully saturated rings. The van der Waals surface area contributed by atoms with Crippen LogP contribution in [-0.2, 0) is 4.79 Å². The van der Waals surface area contributed by atoms with Gasteiger partial charge in [0.05, 0.1) is 23.5 Å². The molecule has 0 aliphatic carbocycles. The van der Waals surface area contributed by atoms with Crippen LogP contribution in [0, 0.1) is 0 Å². The van der Waals surface area contributed by atoms with Gasteiger partial charge < -0.3 is 4.74 Å². The average molecular weight is 422 g/mol. The van der Waals surface area contributed by atoms with Crippen LogP contribution in [0.3, 0.4) is 0 Å². The molecule has 1 heterocycles. The minimum absolute atomic E-state index is 0.149. The Balaban J connectivity index is 1.81. The molecule has 1 aliphatic heterocycles. The van der Waals surface area contributed by atoms with Crippen LogP contribution in [0.25, 0.3) is 11.8 Å². The van der Waals surface area contributed by atoms with E-state index in [1.165, 1.54) is 0 Å². The Morgan fingerprint density at radius 2 is 1.66 bits per heavy atom. The summed E-state index contributed by atoms with van der Waals surface area (Å²) in [7, 11) is 1.62. The zero-order valence-corrected chi connectivity index (χ0v) is 17.1. The van der Waals surface area contributed by atoms with E-state index >= 15 is 0 Å². The maximum absolute atomic E-state index is 13.3. The lowest BCUT2D eigenvalue weighted by molar-refractivity contribution is -0.113. The van der Waals surface area contributed by atoms with Gasteiger partial charge in [-0.2, -0.15) is 0 Å². The van der Waals surface area contributed by atoms with E-state index in [2.05, 4.69) is 0 Å². The van der Waals surface area contributed by atoms with Crippen molar-refractivity contribution in [1.29, 1.82) is 0 Å². The van der Waals surface area contributed by atoms with Gasteiger partial charge in [-0.25, -0.2) is 0 Å². The average Bonchev–Trinajstić information content (AvgIpc) is 3.05. The Labute approximate surface area is 179 Å². The van der Waals surface area contributed by atoms with E-state index in [9.17, 15) is 4.79 Å². The summed E-state index contributed by atoms with van der Waals surface area (Å²) in [5.41, 5.74) is 3.75. The molecule has 0 bridgehead atoms. The number of carbonyl (C=O) groups excluding carboxylic acids is 1. The van der Waals surface area contributed by atoms with Gasteiger partial charge in [-0.15, -0.1) is 0 Å². The number of methoxy groups -OCH3 is 1. The van der Waals surface area contributed by atoms with Crippen LogP contribution < -0.4 is 9.64 Å². The number of carbonyl (C=O) groups is 1. The van der Waals surface area contributed by atoms with Gasteiger partial charge >= 0.3 is 0 Å². The van der Waals surface area contributed by atoms with Gasteiger partial charge in [-0.05, 0) is 53.6 Å². The minimum Gasteiger partial charge on any atom is -0.497 e. The van der Waals surface area contributed by atoms with E-state index in [1.807, 2.05) is 66.7 Å². The largest absolute Gasteiger partial charge is 0.497 e. The summed E-state index contributed by atoms with van der Waals surface area (Å²) in [6, 6.07) is 22.4. The van der Waals surface area contributed by atoms with Crippen LogP contribution in [0.5, 0.6) is 5.75 Å². The lowest BCUT2D eigenvalue weighted by atomic mass is 10.1. The molecular formula is C24H17Cl2NO2. The van der Waals surface area contributed by atoms with Crippen LogP contribution >= 0.6 is 23.2 Å². The number of amides is 1. The van der Waals surface area contributed by atoms with Gasteiger partial charge in [0.25, 0.3) is 5.91 Å². The SMILES string of the molecule is COc1ccc(C=C2C=C(c3ccccc3)N(c3ccc(Cl)cc3Cl)C2=O)cc1. The van der Waals surface area contributed by atoms with E-state index in [4.69, 9.17) is 27.9 Å². The van der Waals surface area contributed by atoms with Crippen molar-refractivity contribution in [2.45, 2.75) is 0 Å². The molecule has 0 radical (unpaired) electrons. The highest BCUT2D eigenvalue weighted by Gasteiger charge is 2.31. The maximum Gasteiger partial charge on any atom is 0.262 e. The van der Waals surface area contributed by atoms with E-state index in [0.29, 0.717) is 21.3 Å². The number of ether oxygens (including phenoxy) is 1. The zero-order valence-electron chi connectivity index (χ0n) is 15.6. The maximum atomic E-state index is 13.3. The second-order valence-electron chi connectivity index (χ2n) is 6.50. The third-order valence-electron chi connectivity index (χ3n) is 4.64. The Morgan fingerprint density at radius 3 is 2.31 bits per heavy atom. The summed E-state index contributed by atoms with van der Waals surface area (Å²) in [5.74, 6) is 0.615. The molecule has 5 heteroatoms. The first-order valence-electron chi connectivity index (χ1n) is 8.99. The van der Waals surface area contributed by atoms with Gasteiger partial charge in [0.15, 0.2) is 0 Å². The monoisotopic (exact) mass is 421 g/mol. The fourth-order valence-electron chi connectivity index (χ4n) is 3.22. The molecule has 0 aromatic heterocycles. The highest BCUT2D eigenvalue weighted by atomic mass is 35.5. The van der Waals surface area contributed by atoms with Gasteiger partial charge in [0, 0.05) is 10.6 Å². The first-order chi connectivity index (χ1) is 14.1. The Bertz CT molecular complexity index is 1120. The molecule has 0 unspecified atom stereocenters. The van der Waals surface area contributed by atoms with Crippen LogP contribution in [0.1, 0.15) is 11.1 Å². The number of nitrogens with zero attached hydrogens (tertiary/aromatic N) is 1. The molecule has 3 aromatic carbocycles. The van der Waals surface area contributed by atoms with Crippen molar-refractivity contribution in [2.24, 2.45) is 0 Å². The van der Waals surface area contributed by atoms with Crippen LogP contribution in [-0.4, -0.2) is 13.0 Å². The van der Waals surface area contributed by atoms with Crippen molar-refractivity contribution in [3.8, 4) is 5.75 Å². The van der Waals surface area contributed by atoms with E-state index in [0.717, 1.165) is 22.6 Å². The van der Waals surface area contributed by atoms with Crippen molar-refractivity contribution in [3.63, 3.8) is 0 Å². The fraction of sp³-hybridized carbons (Fsp3) is 0.0417. The number of halogens is 2. The summed E-state index contributed by atoms with van der Waals surface area (Å²) >= 11 is 12.5. The molecular weight excluding hydrogens is 405 g/mol. The molecule has 144 valence electrons. The van der Waals surface area contributed by atoms with Crippen molar-refractivity contribution in [1.82, 2.24) is 0 Å². The predicted molar refractivity (Wildman–Crippen MR) is 119 cm³/mol. The summed E-state index contributed by atoms with van der Waals surface area (Å²) in [4.78, 5) is 15.0. The number of rotatable bonds is 4. The first kappa shape index (κ1) is 19.3. The molecule has 1 amide bonds. The van der Waals surface area contributed by atoms with E-state index in [-0.39, 0.29) is 5.91 Å². The smallest absolute Gasteiger partial charge is 0.262 e. The fourth-order valence-corrected chi connectivity index (χ4v) is 3.71. The lowest BCUT2D eigenvalue weighted by Gasteiger charge is -2.22. The van der Waals surface area contributed by atoms with Crippen molar-refractivity contribution in [3.05, 3.63) is 106 Å². The number of hydrogen-bond donors (Lipinski definition) is 0. The molecule has 3 nitrogen and oxygen atoms in total. The Morgan fingerprint density at radius 1 is 0.931 bits per heavy atom. The minimum atomic E-state index is -0.149. The molecule has 29 heavy (non-hydrogen) atoms. The van der Waals surface area contributed by atoms with Crippen LogP contribution in [0.4, 0.5) is 5.69 Å². The topological polar surface area (TPSA) is 29.5 Å². The third-order valence-corrected chi connectivity index (χ3v) is 5.18. The van der Waals surface area contributed by atoms with Crippen LogP contribution in [0.15, 0.2) is 84.4 Å². The van der Waals surface area contributed by atoms with Gasteiger partial charge in [-0.1, -0.05) is 65.7 Å². The van der Waals surface area contributed by atoms with E-state index < -0.39 is 0 Å². The van der Waals surface area contributed by atoms with Crippen molar-refractivity contribution >= 4 is 46.6 Å². The quantitative estimate of drug-likeness (QED) is 0.451. The first-order valence-corrected chi connectivity index (χ1v) is 9.75. The zero-order chi connectivity index (χ0) is 20.4. The normalized spacial score (nSPS) is 15.0. The molecule has 3 aromatic rings. The number of anilines is 1. The highest BCUT2D eigenvalue weighted by Crippen LogP contribution is 2.39. The number of hydrogen-bond acceptors (Lipinski definition) is 2. The molecule has 4 rings (SSSR count). The molecule has 0 atom stereocenters. The van der Waals surface area contributed by atoms with Crippen molar-refractivity contribution in [2.75, 3.05) is 12.0 Å². The predicted octanol–water partition coefficient (Wildman–Crippen LogP) is 6.47. The summed E-state index contributed by atoms with van der Waals surface area (Å²) in [6.45, 7) is 0. The van der Waals surface area contributed by atoms with Crippen molar-refractivity contribution < 1.29 is 9.53 Å². The second-order valence-corrected chi connectivity index (χ2v) is 7.35. The Hall–Kier alpha value is -3.01.